The summed E-state index contributed by atoms with van der Waals surface area (Å²) in [4.78, 5) is 4.80. The van der Waals surface area contributed by atoms with Gasteiger partial charge in [0.05, 0.1) is 19.4 Å². The second-order valence-electron chi connectivity index (χ2n) is 6.28. The van der Waals surface area contributed by atoms with Crippen LogP contribution in [-0.4, -0.2) is 25.3 Å². The zero-order chi connectivity index (χ0) is 19.5. The number of ether oxygens (including phenoxy) is 2. The molecule has 0 amide bonds. The van der Waals surface area contributed by atoms with Gasteiger partial charge in [-0.15, -0.1) is 0 Å². The van der Waals surface area contributed by atoms with Gasteiger partial charge in [0.15, 0.2) is 11.6 Å². The van der Waals surface area contributed by atoms with Gasteiger partial charge < -0.3 is 13.9 Å². The lowest BCUT2D eigenvalue weighted by atomic mass is 10.1. The standard InChI is InChI=1S/C22H21N3O3/c1-4-27-16-8-6-15(7-9-16)22-23-19-11-10-17(26-3)13-18(19)21(24-25-22)20-12-5-14(2)28-20/h5-13H,4H2,1-3H3,(H,23,25). The SMILES string of the molecule is CCOc1ccc(C2=Nc3ccc(OC)cc3C(c3ccc(C)o3)=NN2)cc1. The number of rotatable bonds is 5. The zero-order valence-corrected chi connectivity index (χ0v) is 16.0. The summed E-state index contributed by atoms with van der Waals surface area (Å²) in [5.74, 6) is 3.68. The number of fused-ring (bicyclic) bond motifs is 1. The summed E-state index contributed by atoms with van der Waals surface area (Å²) in [7, 11) is 1.64. The normalized spacial score (nSPS) is 13.0. The number of aryl methyl sites for hydroxylation is 1. The van der Waals surface area contributed by atoms with E-state index in [1.807, 2.05) is 68.4 Å². The zero-order valence-electron chi connectivity index (χ0n) is 16.0. The van der Waals surface area contributed by atoms with Crippen molar-refractivity contribution in [2.24, 2.45) is 10.1 Å². The van der Waals surface area contributed by atoms with Crippen LogP contribution in [0.4, 0.5) is 5.69 Å². The maximum atomic E-state index is 5.81. The van der Waals surface area contributed by atoms with Crippen LogP contribution in [0.25, 0.3) is 0 Å². The predicted octanol–water partition coefficient (Wildman–Crippen LogP) is 4.43. The maximum absolute atomic E-state index is 5.81. The van der Waals surface area contributed by atoms with Crippen LogP contribution in [0.1, 0.15) is 29.6 Å². The topological polar surface area (TPSA) is 68.3 Å². The summed E-state index contributed by atoms with van der Waals surface area (Å²) in [6.45, 7) is 4.50. The quantitative estimate of drug-likeness (QED) is 0.716. The van der Waals surface area contributed by atoms with Crippen molar-refractivity contribution in [1.29, 1.82) is 0 Å². The highest BCUT2D eigenvalue weighted by Gasteiger charge is 2.20. The third kappa shape index (κ3) is 3.49. The van der Waals surface area contributed by atoms with Crippen LogP contribution in [0.2, 0.25) is 0 Å². The van der Waals surface area contributed by atoms with E-state index in [1.165, 1.54) is 0 Å². The highest BCUT2D eigenvalue weighted by Crippen LogP contribution is 2.30. The number of furan rings is 1. The summed E-state index contributed by atoms with van der Waals surface area (Å²) in [6.07, 6.45) is 0. The van der Waals surface area contributed by atoms with Crippen LogP contribution in [0.3, 0.4) is 0 Å². The smallest absolute Gasteiger partial charge is 0.155 e. The lowest BCUT2D eigenvalue weighted by molar-refractivity contribution is 0.340. The van der Waals surface area contributed by atoms with E-state index in [0.717, 1.165) is 34.1 Å². The minimum atomic E-state index is 0.629. The summed E-state index contributed by atoms with van der Waals surface area (Å²) >= 11 is 0. The monoisotopic (exact) mass is 375 g/mol. The Bertz CT molecular complexity index is 1050. The van der Waals surface area contributed by atoms with Crippen LogP contribution in [0, 0.1) is 6.92 Å². The van der Waals surface area contributed by atoms with Gasteiger partial charge in [-0.2, -0.15) is 5.10 Å². The Labute approximate surface area is 163 Å². The maximum Gasteiger partial charge on any atom is 0.155 e. The molecule has 1 aromatic heterocycles. The molecule has 2 heterocycles. The Balaban J connectivity index is 1.79. The molecule has 142 valence electrons. The number of aliphatic imine (C=N–C) groups is 1. The number of amidine groups is 1. The summed E-state index contributed by atoms with van der Waals surface area (Å²) in [5, 5.41) is 4.60. The first-order valence-corrected chi connectivity index (χ1v) is 9.09. The number of hydrazone groups is 1. The number of hydrogen-bond donors (Lipinski definition) is 1. The van der Waals surface area contributed by atoms with Crippen molar-refractivity contribution in [3.05, 3.63) is 77.2 Å². The Morgan fingerprint density at radius 2 is 1.79 bits per heavy atom. The lowest BCUT2D eigenvalue weighted by Gasteiger charge is -2.07. The fourth-order valence-corrected chi connectivity index (χ4v) is 3.00. The third-order valence-electron chi connectivity index (χ3n) is 4.38. The molecule has 2 aromatic carbocycles. The average Bonchev–Trinajstić information content (AvgIpc) is 3.05. The summed E-state index contributed by atoms with van der Waals surface area (Å²) < 4.78 is 16.7. The molecule has 0 radical (unpaired) electrons. The molecular formula is C22H21N3O3. The summed E-state index contributed by atoms with van der Waals surface area (Å²) in [6, 6.07) is 17.3. The van der Waals surface area contributed by atoms with Gasteiger partial charge in [-0.05, 0) is 68.4 Å². The number of methoxy groups -OCH3 is 1. The Kier molecular flexibility index (Phi) is 4.85. The second-order valence-corrected chi connectivity index (χ2v) is 6.28. The lowest BCUT2D eigenvalue weighted by Crippen LogP contribution is -2.19. The van der Waals surface area contributed by atoms with E-state index in [1.54, 1.807) is 7.11 Å². The highest BCUT2D eigenvalue weighted by atomic mass is 16.5. The van der Waals surface area contributed by atoms with Crippen molar-refractivity contribution in [2.75, 3.05) is 13.7 Å². The van der Waals surface area contributed by atoms with Gasteiger partial charge in [0.1, 0.15) is 23.0 Å². The molecule has 4 rings (SSSR count). The van der Waals surface area contributed by atoms with Crippen molar-refractivity contribution in [1.82, 2.24) is 5.43 Å². The molecule has 0 bridgehead atoms. The van der Waals surface area contributed by atoms with Crippen LogP contribution in [0.5, 0.6) is 11.5 Å². The van der Waals surface area contributed by atoms with Crippen LogP contribution in [0.15, 0.2) is 69.1 Å². The Morgan fingerprint density at radius 1 is 1.00 bits per heavy atom. The van der Waals surface area contributed by atoms with Gasteiger partial charge in [-0.1, -0.05) is 0 Å². The van der Waals surface area contributed by atoms with E-state index in [4.69, 9.17) is 18.9 Å². The molecule has 1 aliphatic rings. The Morgan fingerprint density at radius 3 is 2.46 bits per heavy atom. The molecule has 0 unspecified atom stereocenters. The van der Waals surface area contributed by atoms with Gasteiger partial charge in [0, 0.05) is 11.1 Å². The molecule has 28 heavy (non-hydrogen) atoms. The molecular weight excluding hydrogens is 354 g/mol. The van der Waals surface area contributed by atoms with Gasteiger partial charge in [-0.25, -0.2) is 4.99 Å². The van der Waals surface area contributed by atoms with Crippen molar-refractivity contribution < 1.29 is 13.9 Å². The Hall–Kier alpha value is -3.54. The fraction of sp³-hybridized carbons (Fsp3) is 0.182. The second kappa shape index (κ2) is 7.60. The van der Waals surface area contributed by atoms with Crippen molar-refractivity contribution >= 4 is 17.2 Å². The van der Waals surface area contributed by atoms with Crippen molar-refractivity contribution in [3.8, 4) is 11.5 Å². The van der Waals surface area contributed by atoms with Crippen molar-refractivity contribution in [2.45, 2.75) is 13.8 Å². The minimum absolute atomic E-state index is 0.629. The molecule has 6 nitrogen and oxygen atoms in total. The molecule has 0 atom stereocenters. The molecule has 0 fully saturated rings. The van der Waals surface area contributed by atoms with Crippen molar-refractivity contribution in [3.63, 3.8) is 0 Å². The van der Waals surface area contributed by atoms with Gasteiger partial charge >= 0.3 is 0 Å². The number of hydrogen-bond acceptors (Lipinski definition) is 6. The largest absolute Gasteiger partial charge is 0.497 e. The van der Waals surface area contributed by atoms with E-state index in [0.29, 0.717) is 23.9 Å². The molecule has 0 saturated heterocycles. The molecule has 1 aliphatic heterocycles. The van der Waals surface area contributed by atoms with E-state index in [2.05, 4.69) is 10.5 Å². The van der Waals surface area contributed by atoms with Gasteiger partial charge in [-0.3, -0.25) is 5.43 Å². The third-order valence-corrected chi connectivity index (χ3v) is 4.38. The van der Waals surface area contributed by atoms with E-state index in [9.17, 15) is 0 Å². The highest BCUT2D eigenvalue weighted by molar-refractivity contribution is 6.16. The number of benzene rings is 2. The van der Waals surface area contributed by atoms with Gasteiger partial charge in [0.2, 0.25) is 0 Å². The first kappa shape index (κ1) is 17.9. The molecule has 0 aliphatic carbocycles. The minimum Gasteiger partial charge on any atom is -0.497 e. The van der Waals surface area contributed by atoms with E-state index >= 15 is 0 Å². The fourth-order valence-electron chi connectivity index (χ4n) is 3.00. The molecule has 0 spiro atoms. The van der Waals surface area contributed by atoms with E-state index < -0.39 is 0 Å². The molecule has 0 saturated carbocycles. The molecule has 6 heteroatoms. The predicted molar refractivity (Wildman–Crippen MR) is 109 cm³/mol. The molecule has 1 N–H and O–H groups in total. The average molecular weight is 375 g/mol. The van der Waals surface area contributed by atoms with E-state index in [-0.39, 0.29) is 0 Å². The molecule has 3 aromatic rings. The van der Waals surface area contributed by atoms with Crippen LogP contribution >= 0.6 is 0 Å². The first-order chi connectivity index (χ1) is 13.7. The number of nitrogens with one attached hydrogen (secondary N) is 1. The first-order valence-electron chi connectivity index (χ1n) is 9.09. The van der Waals surface area contributed by atoms with Gasteiger partial charge in [0.25, 0.3) is 0 Å². The van der Waals surface area contributed by atoms with Crippen LogP contribution < -0.4 is 14.9 Å². The van der Waals surface area contributed by atoms with Crippen LogP contribution in [-0.2, 0) is 0 Å². The number of nitrogens with zero attached hydrogens (tertiary/aromatic N) is 2. The summed E-state index contributed by atoms with van der Waals surface area (Å²) in [5.41, 5.74) is 6.28.